The Bertz CT molecular complexity index is 289. The highest BCUT2D eigenvalue weighted by atomic mass is 16.3. The van der Waals surface area contributed by atoms with E-state index in [1.807, 2.05) is 6.92 Å². The molecule has 0 saturated carbocycles. The number of nitrogens with zero attached hydrogens (tertiary/aromatic N) is 1. The summed E-state index contributed by atoms with van der Waals surface area (Å²) in [6, 6.07) is 0.231. The van der Waals surface area contributed by atoms with Crippen LogP contribution in [0.1, 0.15) is 52.9 Å². The lowest BCUT2D eigenvalue weighted by Crippen LogP contribution is -2.48. The first-order chi connectivity index (χ1) is 10.0. The largest absolute Gasteiger partial charge is 0.393 e. The average molecular weight is 299 g/mol. The first-order valence-corrected chi connectivity index (χ1v) is 8.46. The first kappa shape index (κ1) is 18.2. The molecule has 0 radical (unpaired) electrons. The summed E-state index contributed by atoms with van der Waals surface area (Å²) in [5, 5.41) is 15.3. The fourth-order valence-corrected chi connectivity index (χ4v) is 2.85. The zero-order chi connectivity index (χ0) is 15.7. The molecule has 1 rings (SSSR count). The minimum absolute atomic E-state index is 0.0700. The Kier molecular flexibility index (Phi) is 8.69. The van der Waals surface area contributed by atoms with E-state index in [-0.39, 0.29) is 12.1 Å². The third-order valence-corrected chi connectivity index (χ3v) is 4.11. The van der Waals surface area contributed by atoms with Crippen molar-refractivity contribution in [1.82, 2.24) is 15.5 Å². The minimum Gasteiger partial charge on any atom is -0.393 e. The molecule has 0 aromatic rings. The topological polar surface area (TPSA) is 64.6 Å². The van der Waals surface area contributed by atoms with Crippen molar-refractivity contribution in [3.05, 3.63) is 0 Å². The van der Waals surface area contributed by atoms with Crippen molar-refractivity contribution < 1.29 is 9.90 Å². The standard InChI is InChI=1S/C16H33N3O2/c1-4-5-8-19-9-6-15(7-10-19)18-16(21)17-12-13(2)11-14(3)20/h13-15,20H,4-12H2,1-3H3,(H2,17,18,21). The highest BCUT2D eigenvalue weighted by Crippen LogP contribution is 2.11. The summed E-state index contributed by atoms with van der Waals surface area (Å²) in [4.78, 5) is 14.3. The smallest absolute Gasteiger partial charge is 0.315 e. The number of piperidine rings is 1. The average Bonchev–Trinajstić information content (AvgIpc) is 2.44. The summed E-state index contributed by atoms with van der Waals surface area (Å²) in [6.45, 7) is 10.0. The minimum atomic E-state index is -0.308. The summed E-state index contributed by atoms with van der Waals surface area (Å²) < 4.78 is 0. The number of carbonyl (C=O) groups excluding carboxylic acids is 1. The van der Waals surface area contributed by atoms with Crippen molar-refractivity contribution in [2.75, 3.05) is 26.2 Å². The van der Waals surface area contributed by atoms with Crippen LogP contribution >= 0.6 is 0 Å². The van der Waals surface area contributed by atoms with Crippen LogP contribution in [0.3, 0.4) is 0 Å². The van der Waals surface area contributed by atoms with Crippen molar-refractivity contribution in [2.24, 2.45) is 5.92 Å². The highest BCUT2D eigenvalue weighted by Gasteiger charge is 2.20. The van der Waals surface area contributed by atoms with Gasteiger partial charge in [-0.15, -0.1) is 0 Å². The molecule has 1 aliphatic rings. The monoisotopic (exact) mass is 299 g/mol. The third-order valence-electron chi connectivity index (χ3n) is 4.11. The number of hydrogen-bond acceptors (Lipinski definition) is 3. The first-order valence-electron chi connectivity index (χ1n) is 8.46. The van der Waals surface area contributed by atoms with Crippen molar-refractivity contribution in [2.45, 2.75) is 65.0 Å². The molecule has 3 N–H and O–H groups in total. The molecule has 5 heteroatoms. The van der Waals surface area contributed by atoms with E-state index in [0.717, 1.165) is 32.4 Å². The SMILES string of the molecule is CCCCN1CCC(NC(=O)NCC(C)CC(C)O)CC1. The molecule has 0 bridgehead atoms. The van der Waals surface area contributed by atoms with Crippen LogP contribution in [0.5, 0.6) is 0 Å². The molecule has 1 heterocycles. The van der Waals surface area contributed by atoms with Gasteiger partial charge in [-0.25, -0.2) is 4.79 Å². The van der Waals surface area contributed by atoms with Crippen LogP contribution in [0.15, 0.2) is 0 Å². The Morgan fingerprint density at radius 2 is 2.00 bits per heavy atom. The van der Waals surface area contributed by atoms with Crippen LogP contribution < -0.4 is 10.6 Å². The zero-order valence-corrected chi connectivity index (χ0v) is 13.9. The second-order valence-electron chi connectivity index (χ2n) is 6.51. The lowest BCUT2D eigenvalue weighted by molar-refractivity contribution is 0.162. The number of unbranched alkanes of at least 4 members (excludes halogenated alkanes) is 1. The Morgan fingerprint density at radius 1 is 1.33 bits per heavy atom. The van der Waals surface area contributed by atoms with Crippen LogP contribution in [-0.4, -0.2) is 54.4 Å². The fraction of sp³-hybridized carbons (Fsp3) is 0.938. The molecule has 2 atom stereocenters. The molecule has 2 unspecified atom stereocenters. The van der Waals surface area contributed by atoms with E-state index in [2.05, 4.69) is 22.5 Å². The number of nitrogens with one attached hydrogen (secondary N) is 2. The van der Waals surface area contributed by atoms with Crippen molar-refractivity contribution in [3.63, 3.8) is 0 Å². The molecule has 5 nitrogen and oxygen atoms in total. The number of rotatable bonds is 8. The third kappa shape index (κ3) is 8.27. The molecular weight excluding hydrogens is 266 g/mol. The normalized spacial score (nSPS) is 20.0. The number of urea groups is 1. The molecule has 0 aromatic heterocycles. The van der Waals surface area contributed by atoms with E-state index in [9.17, 15) is 9.90 Å². The molecule has 2 amide bonds. The lowest BCUT2D eigenvalue weighted by Gasteiger charge is -2.32. The molecule has 124 valence electrons. The van der Waals surface area contributed by atoms with E-state index in [1.165, 1.54) is 19.4 Å². The van der Waals surface area contributed by atoms with Crippen molar-refractivity contribution in [1.29, 1.82) is 0 Å². The van der Waals surface area contributed by atoms with Gasteiger partial charge in [0.15, 0.2) is 0 Å². The fourth-order valence-electron chi connectivity index (χ4n) is 2.85. The Labute approximate surface area is 129 Å². The van der Waals surface area contributed by atoms with Gasteiger partial charge in [-0.2, -0.15) is 0 Å². The quantitative estimate of drug-likeness (QED) is 0.642. The van der Waals surface area contributed by atoms with E-state index in [0.29, 0.717) is 18.5 Å². The van der Waals surface area contributed by atoms with Crippen molar-refractivity contribution in [3.8, 4) is 0 Å². The van der Waals surface area contributed by atoms with Crippen LogP contribution in [0, 0.1) is 5.92 Å². The highest BCUT2D eigenvalue weighted by molar-refractivity contribution is 5.74. The zero-order valence-electron chi connectivity index (χ0n) is 13.9. The summed E-state index contributed by atoms with van der Waals surface area (Å²) in [5.74, 6) is 0.298. The molecule has 21 heavy (non-hydrogen) atoms. The van der Waals surface area contributed by atoms with E-state index >= 15 is 0 Å². The maximum Gasteiger partial charge on any atom is 0.315 e. The van der Waals surface area contributed by atoms with Gasteiger partial charge in [0.2, 0.25) is 0 Å². The van der Waals surface area contributed by atoms with Gasteiger partial charge in [0.25, 0.3) is 0 Å². The van der Waals surface area contributed by atoms with Gasteiger partial charge in [0.05, 0.1) is 6.10 Å². The van der Waals surface area contributed by atoms with Crippen LogP contribution in [0.4, 0.5) is 4.79 Å². The number of aliphatic hydroxyl groups is 1. The van der Waals surface area contributed by atoms with Gasteiger partial charge in [0, 0.05) is 25.7 Å². The molecular formula is C16H33N3O2. The second-order valence-corrected chi connectivity index (χ2v) is 6.51. The molecule has 1 saturated heterocycles. The summed E-state index contributed by atoms with van der Waals surface area (Å²) in [7, 11) is 0. The Morgan fingerprint density at radius 3 is 2.57 bits per heavy atom. The lowest BCUT2D eigenvalue weighted by atomic mass is 10.0. The van der Waals surface area contributed by atoms with Gasteiger partial charge in [0.1, 0.15) is 0 Å². The number of aliphatic hydroxyl groups excluding tert-OH is 1. The van der Waals surface area contributed by atoms with Gasteiger partial charge in [-0.1, -0.05) is 20.3 Å². The number of hydrogen-bond donors (Lipinski definition) is 3. The van der Waals surface area contributed by atoms with Crippen LogP contribution in [-0.2, 0) is 0 Å². The van der Waals surface area contributed by atoms with Crippen LogP contribution in [0.2, 0.25) is 0 Å². The Balaban J connectivity index is 2.13. The van der Waals surface area contributed by atoms with E-state index in [1.54, 1.807) is 6.92 Å². The van der Waals surface area contributed by atoms with E-state index < -0.39 is 0 Å². The molecule has 0 aliphatic carbocycles. The predicted molar refractivity (Wildman–Crippen MR) is 86.4 cm³/mol. The summed E-state index contributed by atoms with van der Waals surface area (Å²) >= 11 is 0. The second kappa shape index (κ2) is 10.0. The molecule has 0 aromatic carbocycles. The molecule has 0 spiro atoms. The van der Waals surface area contributed by atoms with Gasteiger partial charge in [-0.05, 0) is 45.1 Å². The van der Waals surface area contributed by atoms with Crippen molar-refractivity contribution >= 4 is 6.03 Å². The summed E-state index contributed by atoms with van der Waals surface area (Å²) in [6.07, 6.45) is 5.00. The predicted octanol–water partition coefficient (Wildman–Crippen LogP) is 1.96. The maximum atomic E-state index is 11.9. The molecule has 1 fully saturated rings. The summed E-state index contributed by atoms with van der Waals surface area (Å²) in [5.41, 5.74) is 0. The van der Waals surface area contributed by atoms with Gasteiger partial charge < -0.3 is 20.6 Å². The van der Waals surface area contributed by atoms with E-state index in [4.69, 9.17) is 0 Å². The van der Waals surface area contributed by atoms with Gasteiger partial charge >= 0.3 is 6.03 Å². The Hall–Kier alpha value is -0.810. The maximum absolute atomic E-state index is 11.9. The molecule has 1 aliphatic heterocycles. The number of amides is 2. The number of carbonyl (C=O) groups is 1. The number of likely N-dealkylation sites (tertiary alicyclic amines) is 1. The van der Waals surface area contributed by atoms with Crippen LogP contribution in [0.25, 0.3) is 0 Å². The van der Waals surface area contributed by atoms with Gasteiger partial charge in [-0.3, -0.25) is 0 Å².